The van der Waals surface area contributed by atoms with Gasteiger partial charge in [-0.15, -0.1) is 0 Å². The molecule has 1 aromatic heterocycles. The minimum absolute atomic E-state index is 0.545. The number of anilines is 2. The Hall–Kier alpha value is -1.23. The molecule has 5 heteroatoms. The van der Waals surface area contributed by atoms with Gasteiger partial charge >= 0.3 is 0 Å². The molecule has 3 rings (SSSR count). The molecule has 0 radical (unpaired) electrons. The van der Waals surface area contributed by atoms with Crippen LogP contribution in [0.15, 0.2) is 0 Å². The van der Waals surface area contributed by atoms with Crippen molar-refractivity contribution in [2.24, 2.45) is 0 Å². The molecule has 2 unspecified atom stereocenters. The highest BCUT2D eigenvalue weighted by Crippen LogP contribution is 2.30. The largest absolute Gasteiger partial charge is 0.394 e. The lowest BCUT2D eigenvalue weighted by molar-refractivity contribution is 0.187. The zero-order valence-corrected chi connectivity index (χ0v) is 12.7. The van der Waals surface area contributed by atoms with Crippen LogP contribution in [0.3, 0.4) is 0 Å². The molecular formula is C15H27N5. The van der Waals surface area contributed by atoms with E-state index in [1.165, 1.54) is 38.8 Å². The average Bonchev–Trinajstić information content (AvgIpc) is 2.99. The molecule has 0 saturated carbocycles. The number of aromatic nitrogens is 2. The highest BCUT2D eigenvalue weighted by atomic mass is 15.3. The topological polar surface area (TPSA) is 59.1 Å². The van der Waals surface area contributed by atoms with Crippen LogP contribution in [-0.4, -0.2) is 39.9 Å². The third-order valence-corrected chi connectivity index (χ3v) is 4.77. The maximum atomic E-state index is 6.20. The van der Waals surface area contributed by atoms with Gasteiger partial charge in [-0.05, 0) is 45.6 Å². The summed E-state index contributed by atoms with van der Waals surface area (Å²) in [6, 6.07) is 1.33. The number of rotatable bonds is 4. The first-order valence-corrected chi connectivity index (χ1v) is 8.02. The number of piperidine rings is 1. The Balaban J connectivity index is 1.71. The van der Waals surface area contributed by atoms with E-state index in [1.807, 2.05) is 11.6 Å². The van der Waals surface area contributed by atoms with Crippen molar-refractivity contribution < 1.29 is 0 Å². The maximum absolute atomic E-state index is 6.20. The van der Waals surface area contributed by atoms with Gasteiger partial charge in [-0.1, -0.05) is 6.92 Å². The molecule has 5 nitrogen and oxygen atoms in total. The van der Waals surface area contributed by atoms with Crippen molar-refractivity contribution in [1.82, 2.24) is 14.7 Å². The van der Waals surface area contributed by atoms with Gasteiger partial charge in [0.2, 0.25) is 0 Å². The zero-order valence-electron chi connectivity index (χ0n) is 12.7. The molecule has 0 amide bonds. The second-order valence-electron chi connectivity index (χ2n) is 6.27. The lowest BCUT2D eigenvalue weighted by Crippen LogP contribution is -2.43. The summed E-state index contributed by atoms with van der Waals surface area (Å²) in [5, 5.41) is 8.24. The number of nitrogens with zero attached hydrogens (tertiary/aromatic N) is 3. The molecule has 0 spiro atoms. The molecule has 2 aliphatic heterocycles. The van der Waals surface area contributed by atoms with E-state index in [2.05, 4.69) is 22.2 Å². The van der Waals surface area contributed by atoms with Crippen LogP contribution in [0.1, 0.15) is 44.7 Å². The fourth-order valence-electron chi connectivity index (χ4n) is 3.67. The molecular weight excluding hydrogens is 250 g/mol. The highest BCUT2D eigenvalue weighted by Gasteiger charge is 2.32. The van der Waals surface area contributed by atoms with Crippen molar-refractivity contribution in [3.63, 3.8) is 0 Å². The van der Waals surface area contributed by atoms with Crippen LogP contribution in [-0.2, 0) is 6.54 Å². The van der Waals surface area contributed by atoms with E-state index < -0.39 is 0 Å². The van der Waals surface area contributed by atoms with Crippen LogP contribution in [0.25, 0.3) is 0 Å². The molecule has 2 aliphatic rings. The first-order chi connectivity index (χ1) is 9.69. The summed E-state index contributed by atoms with van der Waals surface area (Å²) in [6.45, 7) is 7.62. The third kappa shape index (κ3) is 2.51. The van der Waals surface area contributed by atoms with Gasteiger partial charge in [-0.25, -0.2) is 4.68 Å². The van der Waals surface area contributed by atoms with Crippen molar-refractivity contribution in [3.8, 4) is 0 Å². The summed E-state index contributed by atoms with van der Waals surface area (Å²) in [7, 11) is 0. The monoisotopic (exact) mass is 277 g/mol. The van der Waals surface area contributed by atoms with Gasteiger partial charge in [-0.2, -0.15) is 5.10 Å². The molecule has 20 heavy (non-hydrogen) atoms. The minimum Gasteiger partial charge on any atom is -0.394 e. The maximum Gasteiger partial charge on any atom is 0.148 e. The molecule has 2 atom stereocenters. The van der Waals surface area contributed by atoms with E-state index in [9.17, 15) is 0 Å². The lowest BCUT2D eigenvalue weighted by Gasteiger charge is -2.35. The van der Waals surface area contributed by atoms with Crippen molar-refractivity contribution in [3.05, 3.63) is 5.69 Å². The van der Waals surface area contributed by atoms with Crippen LogP contribution in [0.5, 0.6) is 0 Å². The Morgan fingerprint density at radius 2 is 2.20 bits per heavy atom. The van der Waals surface area contributed by atoms with Crippen LogP contribution < -0.4 is 11.1 Å². The quantitative estimate of drug-likeness (QED) is 0.886. The van der Waals surface area contributed by atoms with E-state index in [-0.39, 0.29) is 0 Å². The van der Waals surface area contributed by atoms with E-state index in [4.69, 9.17) is 5.73 Å². The second-order valence-corrected chi connectivity index (χ2v) is 6.27. The van der Waals surface area contributed by atoms with Crippen molar-refractivity contribution in [2.45, 2.75) is 64.6 Å². The van der Waals surface area contributed by atoms with Gasteiger partial charge in [0.25, 0.3) is 0 Å². The van der Waals surface area contributed by atoms with Crippen LogP contribution in [0.2, 0.25) is 0 Å². The fraction of sp³-hybridized carbons (Fsp3) is 0.800. The first kappa shape index (κ1) is 13.7. The Labute approximate surface area is 121 Å². The molecule has 0 aromatic carbocycles. The van der Waals surface area contributed by atoms with E-state index >= 15 is 0 Å². The molecule has 3 N–H and O–H groups in total. The average molecular weight is 277 g/mol. The molecule has 0 aliphatic carbocycles. The summed E-state index contributed by atoms with van der Waals surface area (Å²) in [6.07, 6.45) is 6.27. The Morgan fingerprint density at radius 1 is 1.35 bits per heavy atom. The SMILES string of the molecule is CCCn1nc(C)c(N)c1NC1CCN2CCCC2C1. The van der Waals surface area contributed by atoms with Crippen LogP contribution >= 0.6 is 0 Å². The number of nitrogens with one attached hydrogen (secondary N) is 1. The van der Waals surface area contributed by atoms with E-state index in [0.717, 1.165) is 36.2 Å². The van der Waals surface area contributed by atoms with E-state index in [0.29, 0.717) is 6.04 Å². The number of nitrogen functional groups attached to an aromatic ring is 1. The minimum atomic E-state index is 0.545. The van der Waals surface area contributed by atoms with Gasteiger partial charge in [-0.3, -0.25) is 0 Å². The van der Waals surface area contributed by atoms with Gasteiger partial charge in [0, 0.05) is 25.2 Å². The van der Waals surface area contributed by atoms with Gasteiger partial charge < -0.3 is 16.0 Å². The number of hydrogen-bond donors (Lipinski definition) is 2. The van der Waals surface area contributed by atoms with Crippen molar-refractivity contribution in [1.29, 1.82) is 0 Å². The predicted octanol–water partition coefficient (Wildman–Crippen LogP) is 2.22. The van der Waals surface area contributed by atoms with Crippen LogP contribution in [0.4, 0.5) is 11.5 Å². The number of nitrogens with two attached hydrogens (primary N) is 1. The summed E-state index contributed by atoms with van der Waals surface area (Å²) >= 11 is 0. The Bertz CT molecular complexity index is 467. The summed E-state index contributed by atoms with van der Waals surface area (Å²) in [5.74, 6) is 1.04. The number of fused-ring (bicyclic) bond motifs is 1. The number of hydrogen-bond acceptors (Lipinski definition) is 4. The fourth-order valence-corrected chi connectivity index (χ4v) is 3.67. The molecule has 112 valence electrons. The molecule has 0 bridgehead atoms. The highest BCUT2D eigenvalue weighted by molar-refractivity contribution is 5.65. The van der Waals surface area contributed by atoms with Crippen molar-refractivity contribution in [2.75, 3.05) is 24.1 Å². The predicted molar refractivity (Wildman–Crippen MR) is 82.9 cm³/mol. The van der Waals surface area contributed by atoms with Gasteiger partial charge in [0.15, 0.2) is 0 Å². The summed E-state index contributed by atoms with van der Waals surface area (Å²) < 4.78 is 2.05. The Kier molecular flexibility index (Phi) is 3.87. The summed E-state index contributed by atoms with van der Waals surface area (Å²) in [4.78, 5) is 2.65. The normalized spacial score (nSPS) is 26.7. The standard InChI is InChI=1S/C15H27N5/c1-3-7-20-15(14(16)11(2)18-20)17-12-6-9-19-8-4-5-13(19)10-12/h12-13,17H,3-10,16H2,1-2H3. The van der Waals surface area contributed by atoms with Gasteiger partial charge in [0.1, 0.15) is 5.82 Å². The first-order valence-electron chi connectivity index (χ1n) is 8.02. The molecule has 3 heterocycles. The molecule has 2 saturated heterocycles. The van der Waals surface area contributed by atoms with Gasteiger partial charge in [0.05, 0.1) is 11.4 Å². The molecule has 1 aromatic rings. The van der Waals surface area contributed by atoms with E-state index in [1.54, 1.807) is 0 Å². The van der Waals surface area contributed by atoms with Crippen LogP contribution in [0, 0.1) is 6.92 Å². The molecule has 2 fully saturated rings. The Morgan fingerprint density at radius 3 is 3.00 bits per heavy atom. The third-order valence-electron chi connectivity index (χ3n) is 4.77. The lowest BCUT2D eigenvalue weighted by atomic mass is 9.97. The van der Waals surface area contributed by atoms with Crippen molar-refractivity contribution >= 4 is 11.5 Å². The zero-order chi connectivity index (χ0) is 14.1. The smallest absolute Gasteiger partial charge is 0.148 e. The second kappa shape index (κ2) is 5.64. The summed E-state index contributed by atoms with van der Waals surface area (Å²) in [5.41, 5.74) is 7.97. The number of aryl methyl sites for hydroxylation is 2.